The molecule has 0 heterocycles. The molecule has 0 saturated carbocycles. The molecule has 0 radical (unpaired) electrons. The fraction of sp³-hybridized carbons (Fsp3) is 0.143. The second-order valence-corrected chi connectivity index (χ2v) is 6.39. The van der Waals surface area contributed by atoms with E-state index in [1.165, 1.54) is 37.3 Å². The van der Waals surface area contributed by atoms with Gasteiger partial charge in [0.15, 0.2) is 0 Å². The zero-order valence-electron chi connectivity index (χ0n) is 11.6. The predicted molar refractivity (Wildman–Crippen MR) is 78.3 cm³/mol. The van der Waals surface area contributed by atoms with Crippen molar-refractivity contribution in [3.05, 3.63) is 69.5 Å². The first-order valence-corrected chi connectivity index (χ1v) is 7.77. The molecule has 22 heavy (non-hydrogen) atoms. The maximum Gasteiger partial charge on any atom is 0.273 e. The molecule has 0 unspecified atom stereocenters. The molecule has 0 amide bonds. The number of nitro groups is 1. The van der Waals surface area contributed by atoms with Gasteiger partial charge in [0, 0.05) is 23.7 Å². The highest BCUT2D eigenvalue weighted by atomic mass is 32.2. The molecule has 2 aromatic rings. The minimum absolute atomic E-state index is 0.188. The van der Waals surface area contributed by atoms with Crippen LogP contribution in [0.5, 0.6) is 0 Å². The van der Waals surface area contributed by atoms with Gasteiger partial charge in [0.2, 0.25) is 10.0 Å². The SMILES string of the molecule is Cc1ccc(S(=O)(=O)NCc2ccccc2F)cc1[N+](=O)[O-]. The maximum atomic E-state index is 13.5. The number of rotatable bonds is 5. The topological polar surface area (TPSA) is 89.3 Å². The summed E-state index contributed by atoms with van der Waals surface area (Å²) in [6, 6.07) is 9.37. The van der Waals surface area contributed by atoms with Crippen molar-refractivity contribution in [3.8, 4) is 0 Å². The summed E-state index contributed by atoms with van der Waals surface area (Å²) >= 11 is 0. The highest BCUT2D eigenvalue weighted by Gasteiger charge is 2.19. The van der Waals surface area contributed by atoms with Crippen molar-refractivity contribution in [2.45, 2.75) is 18.4 Å². The molecule has 0 fully saturated rings. The Morgan fingerprint density at radius 2 is 1.91 bits per heavy atom. The second-order valence-electron chi connectivity index (χ2n) is 4.62. The van der Waals surface area contributed by atoms with Gasteiger partial charge in [-0.15, -0.1) is 0 Å². The second kappa shape index (κ2) is 6.20. The Hall–Kier alpha value is -2.32. The number of benzene rings is 2. The number of nitro benzene ring substituents is 1. The molecule has 0 spiro atoms. The molecule has 1 N–H and O–H groups in total. The van der Waals surface area contributed by atoms with Gasteiger partial charge in [0.05, 0.1) is 9.82 Å². The van der Waals surface area contributed by atoms with Gasteiger partial charge in [-0.05, 0) is 19.1 Å². The van der Waals surface area contributed by atoms with E-state index in [-0.39, 0.29) is 22.7 Å². The van der Waals surface area contributed by atoms with Crippen LogP contribution >= 0.6 is 0 Å². The van der Waals surface area contributed by atoms with Crippen LogP contribution in [0.2, 0.25) is 0 Å². The van der Waals surface area contributed by atoms with Crippen LogP contribution in [0, 0.1) is 22.9 Å². The van der Waals surface area contributed by atoms with Gasteiger partial charge in [0.25, 0.3) is 5.69 Å². The average molecular weight is 324 g/mol. The van der Waals surface area contributed by atoms with E-state index in [0.29, 0.717) is 5.56 Å². The summed E-state index contributed by atoms with van der Waals surface area (Å²) in [5.41, 5.74) is 0.263. The molecule has 0 saturated heterocycles. The quantitative estimate of drug-likeness (QED) is 0.676. The van der Waals surface area contributed by atoms with E-state index >= 15 is 0 Å². The minimum atomic E-state index is -3.97. The Kier molecular flexibility index (Phi) is 4.53. The van der Waals surface area contributed by atoms with Crippen LogP contribution in [0.25, 0.3) is 0 Å². The van der Waals surface area contributed by atoms with Crippen LogP contribution in [0.3, 0.4) is 0 Å². The van der Waals surface area contributed by atoms with Crippen LogP contribution in [-0.2, 0) is 16.6 Å². The van der Waals surface area contributed by atoms with Gasteiger partial charge < -0.3 is 0 Å². The van der Waals surface area contributed by atoms with Crippen molar-refractivity contribution in [1.82, 2.24) is 4.72 Å². The number of halogens is 1. The number of sulfonamides is 1. The summed E-state index contributed by atoms with van der Waals surface area (Å²) in [4.78, 5) is 9.98. The predicted octanol–water partition coefficient (Wildman–Crippen LogP) is 2.52. The molecule has 0 bridgehead atoms. The number of aryl methyl sites for hydroxylation is 1. The fourth-order valence-corrected chi connectivity index (χ4v) is 2.88. The molecule has 0 atom stereocenters. The average Bonchev–Trinajstić information content (AvgIpc) is 2.46. The Balaban J connectivity index is 2.26. The van der Waals surface area contributed by atoms with Crippen molar-refractivity contribution in [2.24, 2.45) is 0 Å². The monoisotopic (exact) mass is 324 g/mol. The molecule has 116 valence electrons. The first-order chi connectivity index (χ1) is 10.3. The Morgan fingerprint density at radius 3 is 2.55 bits per heavy atom. The molecule has 0 aliphatic carbocycles. The number of hydrogen-bond acceptors (Lipinski definition) is 4. The van der Waals surface area contributed by atoms with E-state index in [1.807, 2.05) is 0 Å². The standard InChI is InChI=1S/C14H13FN2O4S/c1-10-6-7-12(8-14(10)17(18)19)22(20,21)16-9-11-4-2-3-5-13(11)15/h2-8,16H,9H2,1H3. The molecule has 2 aromatic carbocycles. The molecule has 2 rings (SSSR count). The number of nitrogens with one attached hydrogen (secondary N) is 1. The van der Waals surface area contributed by atoms with Crippen LogP contribution < -0.4 is 4.72 Å². The molecule has 0 aliphatic rings. The lowest BCUT2D eigenvalue weighted by molar-refractivity contribution is -0.385. The highest BCUT2D eigenvalue weighted by molar-refractivity contribution is 7.89. The minimum Gasteiger partial charge on any atom is -0.258 e. The summed E-state index contributed by atoms with van der Waals surface area (Å²) in [5, 5.41) is 10.9. The van der Waals surface area contributed by atoms with Gasteiger partial charge in [0.1, 0.15) is 5.82 Å². The van der Waals surface area contributed by atoms with Crippen LogP contribution in [0.4, 0.5) is 10.1 Å². The van der Waals surface area contributed by atoms with E-state index in [0.717, 1.165) is 6.07 Å². The molecule has 8 heteroatoms. The summed E-state index contributed by atoms with van der Waals surface area (Å²) in [5.74, 6) is -0.528. The van der Waals surface area contributed by atoms with Crippen molar-refractivity contribution < 1.29 is 17.7 Å². The molecule has 6 nitrogen and oxygen atoms in total. The van der Waals surface area contributed by atoms with Gasteiger partial charge in [-0.25, -0.2) is 17.5 Å². The first kappa shape index (κ1) is 16.1. The number of hydrogen-bond donors (Lipinski definition) is 1. The Labute approximate surface area is 126 Å². The van der Waals surface area contributed by atoms with Gasteiger partial charge in [-0.3, -0.25) is 10.1 Å². The van der Waals surface area contributed by atoms with Gasteiger partial charge >= 0.3 is 0 Å². The van der Waals surface area contributed by atoms with Crippen molar-refractivity contribution in [3.63, 3.8) is 0 Å². The Bertz CT molecular complexity index is 821. The van der Waals surface area contributed by atoms with Crippen LogP contribution in [-0.4, -0.2) is 13.3 Å². The zero-order valence-corrected chi connectivity index (χ0v) is 12.4. The summed E-state index contributed by atoms with van der Waals surface area (Å²) in [7, 11) is -3.97. The largest absolute Gasteiger partial charge is 0.273 e. The van der Waals surface area contributed by atoms with Crippen LogP contribution in [0.15, 0.2) is 47.4 Å². The molecular weight excluding hydrogens is 311 g/mol. The first-order valence-electron chi connectivity index (χ1n) is 6.29. The van der Waals surface area contributed by atoms with E-state index in [9.17, 15) is 22.9 Å². The number of nitrogens with zero attached hydrogens (tertiary/aromatic N) is 1. The van der Waals surface area contributed by atoms with Crippen molar-refractivity contribution in [2.75, 3.05) is 0 Å². The molecule has 0 aliphatic heterocycles. The van der Waals surface area contributed by atoms with E-state index in [4.69, 9.17) is 0 Å². The maximum absolute atomic E-state index is 13.5. The van der Waals surface area contributed by atoms with Gasteiger partial charge in [-0.2, -0.15) is 0 Å². The summed E-state index contributed by atoms with van der Waals surface area (Å²) < 4.78 is 40.0. The lowest BCUT2D eigenvalue weighted by atomic mass is 10.2. The lowest BCUT2D eigenvalue weighted by Crippen LogP contribution is -2.23. The lowest BCUT2D eigenvalue weighted by Gasteiger charge is -2.08. The Morgan fingerprint density at radius 1 is 1.23 bits per heavy atom. The fourth-order valence-electron chi connectivity index (χ4n) is 1.85. The summed E-state index contributed by atoms with van der Waals surface area (Å²) in [6.07, 6.45) is 0. The molecular formula is C14H13FN2O4S. The summed E-state index contributed by atoms with van der Waals surface area (Å²) in [6.45, 7) is 1.28. The third-order valence-electron chi connectivity index (χ3n) is 3.10. The van der Waals surface area contributed by atoms with Crippen molar-refractivity contribution >= 4 is 15.7 Å². The van der Waals surface area contributed by atoms with E-state index in [1.54, 1.807) is 6.07 Å². The van der Waals surface area contributed by atoms with E-state index in [2.05, 4.69) is 4.72 Å². The van der Waals surface area contributed by atoms with E-state index < -0.39 is 20.8 Å². The molecule has 0 aromatic heterocycles. The smallest absolute Gasteiger partial charge is 0.258 e. The zero-order chi connectivity index (χ0) is 16.3. The third-order valence-corrected chi connectivity index (χ3v) is 4.50. The third kappa shape index (κ3) is 3.46. The highest BCUT2D eigenvalue weighted by Crippen LogP contribution is 2.22. The van der Waals surface area contributed by atoms with Crippen LogP contribution in [0.1, 0.15) is 11.1 Å². The van der Waals surface area contributed by atoms with Gasteiger partial charge in [-0.1, -0.05) is 24.3 Å². The normalized spacial score (nSPS) is 11.4. The van der Waals surface area contributed by atoms with Crippen molar-refractivity contribution in [1.29, 1.82) is 0 Å².